The van der Waals surface area contributed by atoms with Crippen molar-refractivity contribution in [2.75, 3.05) is 11.5 Å². The number of nitriles is 1. The molecule has 0 aromatic heterocycles. The number of carbonyl (C=O) groups excluding carboxylic acids is 1. The molecule has 2 nitrogen and oxygen atoms in total. The van der Waals surface area contributed by atoms with E-state index in [1.54, 1.807) is 23.5 Å². The molecule has 0 unspecified atom stereocenters. The van der Waals surface area contributed by atoms with Gasteiger partial charge in [-0.05, 0) is 23.9 Å². The lowest BCUT2D eigenvalue weighted by Crippen LogP contribution is -1.96. The number of rotatable bonds is 2. The molecule has 0 N–H and O–H groups in total. The topological polar surface area (TPSA) is 40.9 Å². The summed E-state index contributed by atoms with van der Waals surface area (Å²) in [5.41, 5.74) is 0.298. The number of nitrogens with zero attached hydrogens (tertiary/aromatic N) is 1. The SMILES string of the molecule is N#CC(C(=O)Sc1ccccc1)=C1SCCS1. The highest BCUT2D eigenvalue weighted by atomic mass is 32.2. The van der Waals surface area contributed by atoms with Crippen LogP contribution < -0.4 is 0 Å². The van der Waals surface area contributed by atoms with E-state index in [0.29, 0.717) is 5.57 Å². The maximum Gasteiger partial charge on any atom is 0.236 e. The molecule has 1 saturated heterocycles. The lowest BCUT2D eigenvalue weighted by Gasteiger charge is -2.01. The molecule has 0 atom stereocenters. The Morgan fingerprint density at radius 2 is 1.88 bits per heavy atom. The normalized spacial score (nSPS) is 14.4. The number of hydrogen-bond donors (Lipinski definition) is 0. The Balaban J connectivity index is 2.15. The Morgan fingerprint density at radius 1 is 1.24 bits per heavy atom. The quantitative estimate of drug-likeness (QED) is 0.470. The van der Waals surface area contributed by atoms with Gasteiger partial charge in [-0.2, -0.15) is 5.26 Å². The average molecular weight is 279 g/mol. The summed E-state index contributed by atoms with van der Waals surface area (Å²) in [6.45, 7) is 0. The van der Waals surface area contributed by atoms with E-state index >= 15 is 0 Å². The molecule has 1 heterocycles. The van der Waals surface area contributed by atoms with Crippen molar-refractivity contribution in [3.8, 4) is 6.07 Å². The molecule has 0 saturated carbocycles. The van der Waals surface area contributed by atoms with Gasteiger partial charge in [0.05, 0.1) is 4.24 Å². The van der Waals surface area contributed by atoms with E-state index in [9.17, 15) is 4.79 Å². The van der Waals surface area contributed by atoms with Crippen LogP contribution in [0.25, 0.3) is 0 Å². The summed E-state index contributed by atoms with van der Waals surface area (Å²) in [5, 5.41) is 8.91. The van der Waals surface area contributed by atoms with Crippen molar-refractivity contribution in [3.05, 3.63) is 40.1 Å². The minimum Gasteiger partial charge on any atom is -0.280 e. The summed E-state index contributed by atoms with van der Waals surface area (Å²) in [5.74, 6) is 1.96. The van der Waals surface area contributed by atoms with E-state index in [4.69, 9.17) is 5.26 Å². The zero-order chi connectivity index (χ0) is 12.1. The minimum absolute atomic E-state index is 0.157. The van der Waals surface area contributed by atoms with Crippen LogP contribution >= 0.6 is 35.3 Å². The minimum atomic E-state index is -0.157. The standard InChI is InChI=1S/C12H9NOS3/c13-8-10(12-15-6-7-16-12)11(14)17-9-4-2-1-3-5-9/h1-5H,6-7H2. The number of thioether (sulfide) groups is 3. The summed E-state index contributed by atoms with van der Waals surface area (Å²) >= 11 is 4.32. The Kier molecular flexibility index (Phi) is 4.60. The second kappa shape index (κ2) is 6.20. The zero-order valence-corrected chi connectivity index (χ0v) is 11.3. The predicted molar refractivity (Wildman–Crippen MR) is 74.9 cm³/mol. The molecule has 0 spiro atoms. The van der Waals surface area contributed by atoms with Crippen molar-refractivity contribution >= 4 is 40.4 Å². The van der Waals surface area contributed by atoms with Crippen molar-refractivity contribution in [1.82, 2.24) is 0 Å². The summed E-state index contributed by atoms with van der Waals surface area (Å²) in [7, 11) is 0. The molecule has 0 radical (unpaired) electrons. The molecule has 17 heavy (non-hydrogen) atoms. The molecular weight excluding hydrogens is 270 g/mol. The van der Waals surface area contributed by atoms with E-state index < -0.39 is 0 Å². The van der Waals surface area contributed by atoms with Crippen LogP contribution in [0.15, 0.2) is 45.0 Å². The van der Waals surface area contributed by atoms with Gasteiger partial charge in [-0.15, -0.1) is 23.5 Å². The molecule has 5 heteroatoms. The Bertz CT molecular complexity index is 482. The first-order valence-corrected chi connectivity index (χ1v) is 7.77. The fraction of sp³-hybridized carbons (Fsp3) is 0.167. The molecule has 1 fully saturated rings. The molecule has 1 aromatic rings. The van der Waals surface area contributed by atoms with E-state index in [0.717, 1.165) is 32.4 Å². The van der Waals surface area contributed by atoms with Crippen LogP contribution in [0.5, 0.6) is 0 Å². The molecule has 2 rings (SSSR count). The Hall–Kier alpha value is -0.830. The third-order valence-electron chi connectivity index (χ3n) is 2.02. The zero-order valence-electron chi connectivity index (χ0n) is 8.88. The van der Waals surface area contributed by atoms with Gasteiger partial charge in [-0.1, -0.05) is 18.2 Å². The smallest absolute Gasteiger partial charge is 0.236 e. The van der Waals surface area contributed by atoms with Gasteiger partial charge >= 0.3 is 0 Å². The molecular formula is C12H9NOS3. The number of hydrogen-bond acceptors (Lipinski definition) is 5. The van der Waals surface area contributed by atoms with Crippen LogP contribution in [-0.2, 0) is 4.79 Å². The summed E-state index contributed by atoms with van der Waals surface area (Å²) in [6, 6.07) is 11.4. The van der Waals surface area contributed by atoms with E-state index in [1.165, 1.54) is 0 Å². The molecule has 1 aromatic carbocycles. The molecule has 86 valence electrons. The lowest BCUT2D eigenvalue weighted by atomic mass is 10.4. The van der Waals surface area contributed by atoms with E-state index in [2.05, 4.69) is 0 Å². The van der Waals surface area contributed by atoms with Crippen LogP contribution in [0.3, 0.4) is 0 Å². The number of benzene rings is 1. The molecule has 1 aliphatic rings. The molecule has 0 bridgehead atoms. The van der Waals surface area contributed by atoms with Crippen molar-refractivity contribution < 1.29 is 4.79 Å². The fourth-order valence-electron chi connectivity index (χ4n) is 1.28. The molecule has 1 aliphatic heterocycles. The van der Waals surface area contributed by atoms with Crippen LogP contribution in [0, 0.1) is 11.3 Å². The molecule has 0 aliphatic carbocycles. The van der Waals surface area contributed by atoms with Crippen molar-refractivity contribution in [1.29, 1.82) is 5.26 Å². The maximum absolute atomic E-state index is 12.0. The Labute approximate surface area is 113 Å². The van der Waals surface area contributed by atoms with Gasteiger partial charge in [-0.3, -0.25) is 4.79 Å². The largest absolute Gasteiger partial charge is 0.280 e. The summed E-state index contributed by atoms with van der Waals surface area (Å²) in [6.07, 6.45) is 0. The Morgan fingerprint density at radius 3 is 2.47 bits per heavy atom. The molecule has 0 amide bonds. The number of carbonyl (C=O) groups is 1. The van der Waals surface area contributed by atoms with Gasteiger partial charge in [-0.25, -0.2) is 0 Å². The van der Waals surface area contributed by atoms with Crippen LogP contribution in [-0.4, -0.2) is 16.6 Å². The lowest BCUT2D eigenvalue weighted by molar-refractivity contribution is -0.107. The first kappa shape index (κ1) is 12.6. The van der Waals surface area contributed by atoms with Crippen molar-refractivity contribution in [2.45, 2.75) is 4.90 Å². The van der Waals surface area contributed by atoms with Crippen molar-refractivity contribution in [3.63, 3.8) is 0 Å². The highest BCUT2D eigenvalue weighted by Crippen LogP contribution is 2.40. The van der Waals surface area contributed by atoms with Crippen molar-refractivity contribution in [2.24, 2.45) is 0 Å². The summed E-state index contributed by atoms with van der Waals surface area (Å²) in [4.78, 5) is 12.9. The highest BCUT2D eigenvalue weighted by molar-refractivity contribution is 8.25. The van der Waals surface area contributed by atoms with Gasteiger partial charge in [0.2, 0.25) is 5.12 Å². The average Bonchev–Trinajstić information content (AvgIpc) is 2.85. The monoisotopic (exact) mass is 279 g/mol. The van der Waals surface area contributed by atoms with Gasteiger partial charge in [0.15, 0.2) is 0 Å². The fourth-order valence-corrected chi connectivity index (χ4v) is 4.60. The predicted octanol–water partition coefficient (Wildman–Crippen LogP) is 3.52. The van der Waals surface area contributed by atoms with Gasteiger partial charge in [0.25, 0.3) is 0 Å². The van der Waals surface area contributed by atoms with Gasteiger partial charge in [0, 0.05) is 16.4 Å². The van der Waals surface area contributed by atoms with E-state index in [-0.39, 0.29) is 5.12 Å². The summed E-state index contributed by atoms with van der Waals surface area (Å²) < 4.78 is 0.876. The second-order valence-electron chi connectivity index (χ2n) is 3.17. The third kappa shape index (κ3) is 3.32. The first-order valence-electron chi connectivity index (χ1n) is 4.98. The maximum atomic E-state index is 12.0. The first-order chi connectivity index (χ1) is 8.31. The van der Waals surface area contributed by atoms with E-state index in [1.807, 2.05) is 36.4 Å². The van der Waals surface area contributed by atoms with Crippen LogP contribution in [0.1, 0.15) is 0 Å². The van der Waals surface area contributed by atoms with Gasteiger partial charge < -0.3 is 0 Å². The van der Waals surface area contributed by atoms with Gasteiger partial charge in [0.1, 0.15) is 11.6 Å². The second-order valence-corrected chi connectivity index (χ2v) is 6.69. The third-order valence-corrected chi connectivity index (χ3v) is 5.64. The van der Waals surface area contributed by atoms with Crippen LogP contribution in [0.2, 0.25) is 0 Å². The van der Waals surface area contributed by atoms with Crippen LogP contribution in [0.4, 0.5) is 0 Å². The highest BCUT2D eigenvalue weighted by Gasteiger charge is 2.20.